The van der Waals surface area contributed by atoms with Crippen LogP contribution in [0, 0.1) is 0 Å². The van der Waals surface area contributed by atoms with Gasteiger partial charge in [0.2, 0.25) is 5.91 Å². The minimum atomic E-state index is -0.279. The molecule has 0 aliphatic rings. The maximum absolute atomic E-state index is 13.0. The molecule has 0 bridgehead atoms. The molecular weight excluding hydrogens is 422 g/mol. The molecule has 4 aromatic rings. The molecule has 0 spiro atoms. The second kappa shape index (κ2) is 9.11. The summed E-state index contributed by atoms with van der Waals surface area (Å²) in [5.41, 5.74) is 1.42. The third kappa shape index (κ3) is 4.53. The predicted octanol–water partition coefficient (Wildman–Crippen LogP) is 3.97. The number of fused-ring (bicyclic) bond motifs is 1. The van der Waals surface area contributed by atoms with Gasteiger partial charge in [0.25, 0.3) is 5.56 Å². The van der Waals surface area contributed by atoms with Gasteiger partial charge in [-0.05, 0) is 29.8 Å². The van der Waals surface area contributed by atoms with E-state index in [1.807, 2.05) is 47.8 Å². The lowest BCUT2D eigenvalue weighted by atomic mass is 10.1. The summed E-state index contributed by atoms with van der Waals surface area (Å²) in [5.74, 6) is 0.461. The molecule has 6 nitrogen and oxygen atoms in total. The van der Waals surface area contributed by atoms with E-state index in [9.17, 15) is 9.59 Å². The summed E-state index contributed by atoms with van der Waals surface area (Å²) in [4.78, 5) is 30.3. The van der Waals surface area contributed by atoms with E-state index in [1.165, 1.54) is 22.2 Å². The van der Waals surface area contributed by atoms with Crippen molar-refractivity contribution in [3.63, 3.8) is 0 Å². The van der Waals surface area contributed by atoms with Crippen LogP contribution in [0.25, 0.3) is 21.3 Å². The van der Waals surface area contributed by atoms with Crippen LogP contribution in [-0.2, 0) is 11.3 Å². The van der Waals surface area contributed by atoms with E-state index in [0.29, 0.717) is 28.4 Å². The predicted molar refractivity (Wildman–Crippen MR) is 119 cm³/mol. The summed E-state index contributed by atoms with van der Waals surface area (Å²) < 4.78 is 6.87. The maximum atomic E-state index is 13.0. The smallest absolute Gasteiger partial charge is 0.263 e. The van der Waals surface area contributed by atoms with Crippen molar-refractivity contribution in [2.24, 2.45) is 0 Å². The number of carbonyl (C=O) groups excluding carboxylic acids is 1. The third-order valence-corrected chi connectivity index (χ3v) is 5.60. The first-order chi connectivity index (χ1) is 14.6. The number of rotatable bonds is 7. The molecule has 2 aromatic carbocycles. The van der Waals surface area contributed by atoms with Gasteiger partial charge in [-0.15, -0.1) is 11.3 Å². The van der Waals surface area contributed by atoms with Crippen molar-refractivity contribution in [1.29, 1.82) is 0 Å². The maximum Gasteiger partial charge on any atom is 0.263 e. The molecule has 0 unspecified atom stereocenters. The number of aromatic nitrogens is 2. The minimum absolute atomic E-state index is 0.108. The highest BCUT2D eigenvalue weighted by Crippen LogP contribution is 2.31. The monoisotopic (exact) mass is 439 g/mol. The van der Waals surface area contributed by atoms with Crippen LogP contribution < -0.4 is 15.6 Å². The number of nitrogens with zero attached hydrogens (tertiary/aromatic N) is 2. The van der Waals surface area contributed by atoms with Crippen molar-refractivity contribution >= 4 is 39.1 Å². The molecule has 0 radical (unpaired) electrons. The van der Waals surface area contributed by atoms with Crippen LogP contribution in [0.3, 0.4) is 0 Å². The fraction of sp³-hybridized carbons (Fsp3) is 0.136. The summed E-state index contributed by atoms with van der Waals surface area (Å²) in [7, 11) is 0. The van der Waals surface area contributed by atoms with E-state index in [0.717, 1.165) is 16.9 Å². The van der Waals surface area contributed by atoms with E-state index in [-0.39, 0.29) is 18.0 Å². The van der Waals surface area contributed by atoms with E-state index < -0.39 is 0 Å². The molecule has 8 heteroatoms. The highest BCUT2D eigenvalue weighted by atomic mass is 35.5. The lowest BCUT2D eigenvalue weighted by Crippen LogP contribution is -2.34. The number of carbonyl (C=O) groups is 1. The van der Waals surface area contributed by atoms with Crippen molar-refractivity contribution in [2.45, 2.75) is 6.54 Å². The first-order valence-corrected chi connectivity index (χ1v) is 10.5. The van der Waals surface area contributed by atoms with Gasteiger partial charge in [0.1, 0.15) is 23.7 Å². The van der Waals surface area contributed by atoms with Crippen LogP contribution in [0.4, 0.5) is 0 Å². The molecule has 0 aliphatic heterocycles. The van der Waals surface area contributed by atoms with Crippen LogP contribution in [0.5, 0.6) is 5.75 Å². The molecule has 1 N–H and O–H groups in total. The highest BCUT2D eigenvalue weighted by molar-refractivity contribution is 7.17. The zero-order chi connectivity index (χ0) is 20.9. The topological polar surface area (TPSA) is 73.2 Å². The van der Waals surface area contributed by atoms with E-state index in [2.05, 4.69) is 10.3 Å². The molecule has 1 amide bonds. The molecule has 0 saturated carbocycles. The van der Waals surface area contributed by atoms with Gasteiger partial charge in [0.05, 0.1) is 18.3 Å². The van der Waals surface area contributed by atoms with Gasteiger partial charge in [-0.3, -0.25) is 14.2 Å². The fourth-order valence-electron chi connectivity index (χ4n) is 3.01. The van der Waals surface area contributed by atoms with Gasteiger partial charge in [-0.1, -0.05) is 41.9 Å². The zero-order valence-corrected chi connectivity index (χ0v) is 17.4. The Labute approximate surface area is 181 Å². The number of para-hydroxylation sites is 1. The van der Waals surface area contributed by atoms with Crippen molar-refractivity contribution in [2.75, 3.05) is 13.2 Å². The molecule has 2 aromatic heterocycles. The van der Waals surface area contributed by atoms with Crippen LogP contribution in [0.1, 0.15) is 0 Å². The van der Waals surface area contributed by atoms with E-state index in [1.54, 1.807) is 12.1 Å². The fourth-order valence-corrected chi connectivity index (χ4v) is 4.04. The second-order valence-corrected chi connectivity index (χ2v) is 7.82. The van der Waals surface area contributed by atoms with E-state index >= 15 is 0 Å². The minimum Gasteiger partial charge on any atom is -0.492 e. The summed E-state index contributed by atoms with van der Waals surface area (Å²) in [6, 6.07) is 16.6. The van der Waals surface area contributed by atoms with Crippen LogP contribution >= 0.6 is 22.9 Å². The largest absolute Gasteiger partial charge is 0.492 e. The number of hydrogen-bond donors (Lipinski definition) is 1. The average molecular weight is 440 g/mol. The first-order valence-electron chi connectivity index (χ1n) is 9.29. The average Bonchev–Trinajstić information content (AvgIpc) is 3.19. The molecule has 0 atom stereocenters. The Morgan fingerprint density at radius 3 is 2.67 bits per heavy atom. The Morgan fingerprint density at radius 2 is 1.90 bits per heavy atom. The number of halogens is 1. The van der Waals surface area contributed by atoms with Gasteiger partial charge >= 0.3 is 0 Å². The van der Waals surface area contributed by atoms with Crippen LogP contribution in [-0.4, -0.2) is 28.6 Å². The Hall–Kier alpha value is -3.16. The van der Waals surface area contributed by atoms with E-state index in [4.69, 9.17) is 16.3 Å². The Morgan fingerprint density at radius 1 is 1.13 bits per heavy atom. The molecule has 0 fully saturated rings. The normalized spacial score (nSPS) is 10.8. The number of ether oxygens (including phenoxy) is 1. The lowest BCUT2D eigenvalue weighted by Gasteiger charge is -2.09. The third-order valence-electron chi connectivity index (χ3n) is 4.47. The van der Waals surface area contributed by atoms with Crippen LogP contribution in [0.2, 0.25) is 5.02 Å². The number of hydrogen-bond acceptors (Lipinski definition) is 5. The number of benzene rings is 2. The Kier molecular flexibility index (Phi) is 6.11. The van der Waals surface area contributed by atoms with Crippen molar-refractivity contribution in [3.8, 4) is 16.9 Å². The quantitative estimate of drug-likeness (QED) is 0.442. The molecular formula is C22H18ClN3O3S. The summed E-state index contributed by atoms with van der Waals surface area (Å²) in [6.07, 6.45) is 1.41. The van der Waals surface area contributed by atoms with Gasteiger partial charge in [-0.25, -0.2) is 4.98 Å². The summed E-state index contributed by atoms with van der Waals surface area (Å²) in [5, 5.41) is 5.79. The molecule has 152 valence electrons. The van der Waals surface area contributed by atoms with Gasteiger partial charge in [0, 0.05) is 16.0 Å². The Balaban J connectivity index is 1.44. The molecule has 4 rings (SSSR count). The summed E-state index contributed by atoms with van der Waals surface area (Å²) >= 11 is 7.36. The number of amides is 1. The zero-order valence-electron chi connectivity index (χ0n) is 15.9. The first kappa shape index (κ1) is 20.1. The van der Waals surface area contributed by atoms with Gasteiger partial charge in [-0.2, -0.15) is 0 Å². The lowest BCUT2D eigenvalue weighted by molar-refractivity contribution is -0.121. The molecule has 0 saturated heterocycles. The SMILES string of the molecule is O=C(Cn1cnc2scc(-c3ccc(Cl)cc3)c2c1=O)NCCOc1ccccc1. The van der Waals surface area contributed by atoms with Gasteiger partial charge < -0.3 is 10.1 Å². The van der Waals surface area contributed by atoms with Crippen molar-refractivity contribution < 1.29 is 9.53 Å². The van der Waals surface area contributed by atoms with Crippen molar-refractivity contribution in [1.82, 2.24) is 14.9 Å². The van der Waals surface area contributed by atoms with Gasteiger partial charge in [0.15, 0.2) is 0 Å². The van der Waals surface area contributed by atoms with Crippen LogP contribution in [0.15, 0.2) is 71.1 Å². The number of nitrogens with one attached hydrogen (secondary N) is 1. The second-order valence-electron chi connectivity index (χ2n) is 6.53. The molecule has 0 aliphatic carbocycles. The Bertz CT molecular complexity index is 1220. The molecule has 30 heavy (non-hydrogen) atoms. The molecule has 2 heterocycles. The summed E-state index contributed by atoms with van der Waals surface area (Å²) in [6.45, 7) is 0.572. The van der Waals surface area contributed by atoms with Crippen molar-refractivity contribution in [3.05, 3.63) is 81.7 Å². The highest BCUT2D eigenvalue weighted by Gasteiger charge is 2.14. The standard InChI is InChI=1S/C22H18ClN3O3S/c23-16-8-6-15(7-9-16)18-13-30-21-20(18)22(28)26(14-25-21)12-19(27)24-10-11-29-17-4-2-1-3-5-17/h1-9,13-14H,10-12H2,(H,24,27). The number of thiophene rings is 1.